The van der Waals surface area contributed by atoms with Crippen LogP contribution in [0.2, 0.25) is 0 Å². The second-order valence-electron chi connectivity index (χ2n) is 5.55. The molecule has 2 aliphatic rings. The van der Waals surface area contributed by atoms with Gasteiger partial charge in [0, 0.05) is 17.5 Å². The number of oxime groups is 1. The number of nitrogens with zero attached hydrogens (tertiary/aromatic N) is 1. The van der Waals surface area contributed by atoms with Gasteiger partial charge >= 0.3 is 0 Å². The topological polar surface area (TPSA) is 47.6 Å². The first-order valence-electron chi connectivity index (χ1n) is 6.14. The van der Waals surface area contributed by atoms with Crippen LogP contribution in [0, 0.1) is 0 Å². The molecular weight excluding hydrogens is 212 g/mol. The minimum absolute atomic E-state index is 0.248. The average molecular weight is 230 g/mol. The first-order valence-corrected chi connectivity index (χ1v) is 6.14. The third-order valence-corrected chi connectivity index (χ3v) is 4.00. The van der Waals surface area contributed by atoms with E-state index in [1.807, 2.05) is 13.0 Å². The van der Waals surface area contributed by atoms with Gasteiger partial charge in [-0.25, -0.2) is 0 Å². The number of nitrogens with two attached hydrogens (primary N) is 1. The maximum absolute atomic E-state index is 6.38. The third kappa shape index (κ3) is 1.49. The Balaban J connectivity index is 2.13. The normalized spacial score (nSPS) is 35.4. The molecule has 1 aliphatic heterocycles. The van der Waals surface area contributed by atoms with Crippen molar-refractivity contribution in [3.8, 4) is 0 Å². The van der Waals surface area contributed by atoms with E-state index < -0.39 is 0 Å². The Hall–Kier alpha value is -1.35. The lowest BCUT2D eigenvalue weighted by Crippen LogP contribution is -2.44. The van der Waals surface area contributed by atoms with Crippen molar-refractivity contribution in [2.24, 2.45) is 10.9 Å². The maximum atomic E-state index is 6.38. The van der Waals surface area contributed by atoms with E-state index in [0.717, 1.165) is 25.0 Å². The molecule has 3 heteroatoms. The van der Waals surface area contributed by atoms with Gasteiger partial charge in [0.1, 0.15) is 0 Å². The van der Waals surface area contributed by atoms with Crippen LogP contribution in [-0.4, -0.2) is 5.71 Å². The molecule has 1 aromatic carbocycles. The standard InChI is InChI=1S/C14H18N2O/c1-10-9-14(17-16-10)8-7-13(2,15)11-5-3-4-6-12(11)14/h3-6H,7-9,15H2,1-2H3. The lowest BCUT2D eigenvalue weighted by Gasteiger charge is -2.41. The summed E-state index contributed by atoms with van der Waals surface area (Å²) in [4.78, 5) is 5.75. The zero-order valence-electron chi connectivity index (χ0n) is 10.4. The molecule has 2 unspecified atom stereocenters. The van der Waals surface area contributed by atoms with Crippen molar-refractivity contribution in [1.82, 2.24) is 0 Å². The number of benzene rings is 1. The molecule has 0 aromatic heterocycles. The average Bonchev–Trinajstić information content (AvgIpc) is 2.69. The fourth-order valence-corrected chi connectivity index (χ4v) is 3.03. The molecule has 1 aromatic rings. The monoisotopic (exact) mass is 230 g/mol. The summed E-state index contributed by atoms with van der Waals surface area (Å²) in [6.45, 7) is 4.12. The summed E-state index contributed by atoms with van der Waals surface area (Å²) in [7, 11) is 0. The third-order valence-electron chi connectivity index (χ3n) is 4.00. The summed E-state index contributed by atoms with van der Waals surface area (Å²) < 4.78 is 0. The number of hydrogen-bond donors (Lipinski definition) is 1. The van der Waals surface area contributed by atoms with Crippen molar-refractivity contribution in [2.45, 2.75) is 44.2 Å². The van der Waals surface area contributed by atoms with E-state index in [1.54, 1.807) is 0 Å². The molecule has 1 heterocycles. The highest BCUT2D eigenvalue weighted by Crippen LogP contribution is 2.48. The predicted octanol–water partition coefficient (Wildman–Crippen LogP) is 2.65. The number of rotatable bonds is 0. The van der Waals surface area contributed by atoms with Crippen LogP contribution in [-0.2, 0) is 16.0 Å². The Morgan fingerprint density at radius 2 is 1.94 bits per heavy atom. The highest BCUT2D eigenvalue weighted by atomic mass is 16.7. The molecule has 0 fully saturated rings. The molecule has 1 spiro atoms. The molecule has 0 saturated carbocycles. The zero-order valence-corrected chi connectivity index (χ0v) is 10.4. The molecule has 0 radical (unpaired) electrons. The van der Waals surface area contributed by atoms with Crippen LogP contribution in [0.25, 0.3) is 0 Å². The van der Waals surface area contributed by atoms with Gasteiger partial charge in [0.2, 0.25) is 0 Å². The van der Waals surface area contributed by atoms with Gasteiger partial charge < -0.3 is 10.6 Å². The summed E-state index contributed by atoms with van der Waals surface area (Å²) in [5.41, 5.74) is 9.38. The molecule has 0 amide bonds. The van der Waals surface area contributed by atoms with E-state index in [9.17, 15) is 0 Å². The van der Waals surface area contributed by atoms with Crippen molar-refractivity contribution < 1.29 is 4.84 Å². The van der Waals surface area contributed by atoms with Gasteiger partial charge in [-0.15, -0.1) is 0 Å². The molecular formula is C14H18N2O. The first-order chi connectivity index (χ1) is 8.04. The molecule has 90 valence electrons. The van der Waals surface area contributed by atoms with Gasteiger partial charge in [0.25, 0.3) is 0 Å². The quantitative estimate of drug-likeness (QED) is 0.744. The van der Waals surface area contributed by atoms with Crippen molar-refractivity contribution in [2.75, 3.05) is 0 Å². The van der Waals surface area contributed by atoms with Crippen LogP contribution < -0.4 is 5.73 Å². The summed E-state index contributed by atoms with van der Waals surface area (Å²) >= 11 is 0. The van der Waals surface area contributed by atoms with E-state index >= 15 is 0 Å². The van der Waals surface area contributed by atoms with Gasteiger partial charge in [-0.05, 0) is 32.3 Å². The molecule has 3 nitrogen and oxygen atoms in total. The summed E-state index contributed by atoms with van der Waals surface area (Å²) in [6, 6.07) is 8.35. The summed E-state index contributed by atoms with van der Waals surface area (Å²) in [6.07, 6.45) is 2.77. The largest absolute Gasteiger partial charge is 0.384 e. The molecule has 17 heavy (non-hydrogen) atoms. The fourth-order valence-electron chi connectivity index (χ4n) is 3.03. The highest BCUT2D eigenvalue weighted by molar-refractivity contribution is 5.84. The van der Waals surface area contributed by atoms with Crippen LogP contribution in [0.1, 0.15) is 44.2 Å². The van der Waals surface area contributed by atoms with Crippen molar-refractivity contribution in [3.63, 3.8) is 0 Å². The van der Waals surface area contributed by atoms with E-state index in [-0.39, 0.29) is 11.1 Å². The minimum atomic E-state index is -0.250. The molecule has 3 rings (SSSR count). The van der Waals surface area contributed by atoms with Gasteiger partial charge in [-0.3, -0.25) is 0 Å². The zero-order chi connectivity index (χ0) is 12.1. The number of hydrogen-bond acceptors (Lipinski definition) is 3. The van der Waals surface area contributed by atoms with E-state index in [0.29, 0.717) is 0 Å². The Labute approximate surface area is 102 Å². The van der Waals surface area contributed by atoms with Gasteiger partial charge in [-0.1, -0.05) is 29.4 Å². The van der Waals surface area contributed by atoms with Crippen molar-refractivity contribution >= 4 is 5.71 Å². The van der Waals surface area contributed by atoms with Crippen LogP contribution in [0.5, 0.6) is 0 Å². The first kappa shape index (κ1) is 10.8. The van der Waals surface area contributed by atoms with Crippen LogP contribution in [0.15, 0.2) is 29.4 Å². The fraction of sp³-hybridized carbons (Fsp3) is 0.500. The molecule has 1 aliphatic carbocycles. The second kappa shape index (κ2) is 3.33. The number of fused-ring (bicyclic) bond motifs is 2. The van der Waals surface area contributed by atoms with Crippen LogP contribution >= 0.6 is 0 Å². The molecule has 2 N–H and O–H groups in total. The smallest absolute Gasteiger partial charge is 0.168 e. The Morgan fingerprint density at radius 1 is 1.24 bits per heavy atom. The SMILES string of the molecule is CC1=NOC2(CCC(C)(N)c3ccccc32)C1. The van der Waals surface area contributed by atoms with Crippen molar-refractivity contribution in [1.29, 1.82) is 0 Å². The highest BCUT2D eigenvalue weighted by Gasteiger charge is 2.47. The lowest BCUT2D eigenvalue weighted by atomic mass is 9.69. The predicted molar refractivity (Wildman–Crippen MR) is 67.7 cm³/mol. The van der Waals surface area contributed by atoms with Gasteiger partial charge in [0.15, 0.2) is 5.60 Å². The van der Waals surface area contributed by atoms with E-state index in [2.05, 4.69) is 30.3 Å². The Kier molecular flexibility index (Phi) is 2.11. The van der Waals surface area contributed by atoms with Gasteiger partial charge in [-0.2, -0.15) is 0 Å². The Bertz CT molecular complexity index is 493. The minimum Gasteiger partial charge on any atom is -0.384 e. The molecule has 0 saturated heterocycles. The molecule has 0 bridgehead atoms. The second-order valence-corrected chi connectivity index (χ2v) is 5.55. The van der Waals surface area contributed by atoms with Crippen molar-refractivity contribution in [3.05, 3.63) is 35.4 Å². The maximum Gasteiger partial charge on any atom is 0.168 e. The Morgan fingerprint density at radius 3 is 2.59 bits per heavy atom. The van der Waals surface area contributed by atoms with Crippen LogP contribution in [0.3, 0.4) is 0 Å². The van der Waals surface area contributed by atoms with Crippen LogP contribution in [0.4, 0.5) is 0 Å². The van der Waals surface area contributed by atoms with E-state index in [1.165, 1.54) is 11.1 Å². The lowest BCUT2D eigenvalue weighted by molar-refractivity contribution is -0.0436. The summed E-state index contributed by atoms with van der Waals surface area (Å²) in [5, 5.41) is 4.14. The summed E-state index contributed by atoms with van der Waals surface area (Å²) in [5.74, 6) is 0. The van der Waals surface area contributed by atoms with Gasteiger partial charge in [0.05, 0.1) is 5.71 Å². The molecule has 2 atom stereocenters. The van der Waals surface area contributed by atoms with E-state index in [4.69, 9.17) is 10.6 Å².